The highest BCUT2D eigenvalue weighted by Crippen LogP contribution is 2.22. The first-order chi connectivity index (χ1) is 8.15. The topological polar surface area (TPSA) is 64.3 Å². The van der Waals surface area contributed by atoms with Crippen molar-refractivity contribution in [3.8, 4) is 5.75 Å². The predicted octanol–water partition coefficient (Wildman–Crippen LogP) is 1.39. The summed E-state index contributed by atoms with van der Waals surface area (Å²) in [7, 11) is 0. The van der Waals surface area contributed by atoms with Gasteiger partial charge in [-0.05, 0) is 13.0 Å². The van der Waals surface area contributed by atoms with E-state index in [0.29, 0.717) is 12.3 Å². The van der Waals surface area contributed by atoms with Crippen molar-refractivity contribution in [3.63, 3.8) is 0 Å². The van der Waals surface area contributed by atoms with E-state index in [2.05, 4.69) is 11.9 Å². The van der Waals surface area contributed by atoms with Crippen molar-refractivity contribution in [2.45, 2.75) is 13.0 Å². The Bertz CT molecular complexity index is 389. The second-order valence-electron chi connectivity index (χ2n) is 3.71. The van der Waals surface area contributed by atoms with Gasteiger partial charge in [-0.2, -0.15) is 0 Å². The van der Waals surface area contributed by atoms with Gasteiger partial charge < -0.3 is 15.8 Å². The van der Waals surface area contributed by atoms with Crippen LogP contribution in [0.3, 0.4) is 0 Å². The van der Waals surface area contributed by atoms with E-state index in [9.17, 15) is 4.79 Å². The molecule has 1 atom stereocenters. The van der Waals surface area contributed by atoms with Crippen LogP contribution < -0.4 is 15.8 Å². The van der Waals surface area contributed by atoms with Gasteiger partial charge in [0.05, 0.1) is 0 Å². The van der Waals surface area contributed by atoms with Crippen molar-refractivity contribution in [2.24, 2.45) is 5.73 Å². The van der Waals surface area contributed by atoms with Crippen molar-refractivity contribution in [3.05, 3.63) is 42.5 Å². The van der Waals surface area contributed by atoms with Crippen LogP contribution in [-0.2, 0) is 4.79 Å². The molecule has 0 spiro atoms. The van der Waals surface area contributed by atoms with Crippen molar-refractivity contribution < 1.29 is 9.53 Å². The summed E-state index contributed by atoms with van der Waals surface area (Å²) in [4.78, 5) is 11.3. The van der Waals surface area contributed by atoms with Crippen molar-refractivity contribution in [1.29, 1.82) is 0 Å². The number of rotatable bonds is 6. The second-order valence-corrected chi connectivity index (χ2v) is 3.71. The fourth-order valence-electron chi connectivity index (χ4n) is 1.37. The van der Waals surface area contributed by atoms with Crippen molar-refractivity contribution >= 4 is 5.91 Å². The fraction of sp³-hybridized carbons (Fsp3) is 0.308. The van der Waals surface area contributed by atoms with Gasteiger partial charge >= 0.3 is 0 Å². The highest BCUT2D eigenvalue weighted by Gasteiger charge is 2.08. The van der Waals surface area contributed by atoms with Crippen LogP contribution >= 0.6 is 0 Å². The molecular weight excluding hydrogens is 216 g/mol. The number of ether oxygens (including phenoxy) is 1. The van der Waals surface area contributed by atoms with Crippen LogP contribution in [0.25, 0.3) is 0 Å². The average Bonchev–Trinajstić information content (AvgIpc) is 2.34. The molecule has 4 nitrogen and oxygen atoms in total. The van der Waals surface area contributed by atoms with Crippen LogP contribution in [0.2, 0.25) is 0 Å². The summed E-state index contributed by atoms with van der Waals surface area (Å²) in [5.74, 6) is 0.473. The van der Waals surface area contributed by atoms with E-state index in [4.69, 9.17) is 10.5 Å². The lowest BCUT2D eigenvalue weighted by Gasteiger charge is -2.13. The lowest BCUT2D eigenvalue weighted by atomic mass is 10.1. The Labute approximate surface area is 101 Å². The normalized spacial score (nSPS) is 11.6. The molecule has 1 rings (SSSR count). The first-order valence-electron chi connectivity index (χ1n) is 5.50. The standard InChI is InChI=1S/C13H18N2O2/c1-3-8-15-13(16)9-17-12-7-5-4-6-11(12)10(2)14/h3-7,10H,1,8-9,14H2,2H3,(H,15,16). The van der Waals surface area contributed by atoms with Crippen LogP contribution in [0.5, 0.6) is 5.75 Å². The maximum Gasteiger partial charge on any atom is 0.258 e. The molecule has 0 heterocycles. The molecule has 0 aromatic heterocycles. The largest absolute Gasteiger partial charge is 0.483 e. The number of para-hydroxylation sites is 1. The van der Waals surface area contributed by atoms with Gasteiger partial charge in [0, 0.05) is 18.2 Å². The molecule has 0 saturated carbocycles. The molecule has 0 bridgehead atoms. The molecule has 0 aliphatic rings. The quantitative estimate of drug-likeness (QED) is 0.731. The maximum absolute atomic E-state index is 11.3. The Balaban J connectivity index is 2.56. The van der Waals surface area contributed by atoms with E-state index in [1.54, 1.807) is 12.1 Å². The average molecular weight is 234 g/mol. The molecule has 4 heteroatoms. The Morgan fingerprint density at radius 3 is 2.94 bits per heavy atom. The third-order valence-corrected chi connectivity index (χ3v) is 2.21. The third-order valence-electron chi connectivity index (χ3n) is 2.21. The fourth-order valence-corrected chi connectivity index (χ4v) is 1.37. The van der Waals surface area contributed by atoms with E-state index < -0.39 is 0 Å². The first kappa shape index (κ1) is 13.3. The molecule has 3 N–H and O–H groups in total. The van der Waals surface area contributed by atoms with Gasteiger partial charge in [0.15, 0.2) is 6.61 Å². The molecule has 0 saturated heterocycles. The lowest BCUT2D eigenvalue weighted by molar-refractivity contribution is -0.122. The molecule has 1 unspecified atom stereocenters. The minimum atomic E-state index is -0.177. The van der Waals surface area contributed by atoms with Gasteiger partial charge in [0.1, 0.15) is 5.75 Å². The van der Waals surface area contributed by atoms with Crippen LogP contribution in [0.1, 0.15) is 18.5 Å². The zero-order valence-corrected chi connectivity index (χ0v) is 9.98. The summed E-state index contributed by atoms with van der Waals surface area (Å²) in [5.41, 5.74) is 6.70. The van der Waals surface area contributed by atoms with Crippen LogP contribution in [-0.4, -0.2) is 19.1 Å². The predicted molar refractivity (Wildman–Crippen MR) is 67.7 cm³/mol. The van der Waals surface area contributed by atoms with Gasteiger partial charge in [-0.15, -0.1) is 6.58 Å². The molecule has 0 aliphatic carbocycles. The Kier molecular flexibility index (Phi) is 5.23. The Morgan fingerprint density at radius 2 is 2.29 bits per heavy atom. The molecule has 0 fully saturated rings. The summed E-state index contributed by atoms with van der Waals surface area (Å²) in [6.07, 6.45) is 1.62. The monoisotopic (exact) mass is 234 g/mol. The zero-order valence-electron chi connectivity index (χ0n) is 9.98. The minimum absolute atomic E-state index is 0.0163. The van der Waals surface area contributed by atoms with Gasteiger partial charge in [0.2, 0.25) is 0 Å². The highest BCUT2D eigenvalue weighted by molar-refractivity contribution is 5.77. The molecule has 17 heavy (non-hydrogen) atoms. The Hall–Kier alpha value is -1.81. The number of nitrogens with one attached hydrogen (secondary N) is 1. The lowest BCUT2D eigenvalue weighted by Crippen LogP contribution is -2.29. The summed E-state index contributed by atoms with van der Waals surface area (Å²) in [6.45, 7) is 5.82. The number of carbonyl (C=O) groups excluding carboxylic acids is 1. The summed E-state index contributed by atoms with van der Waals surface area (Å²) in [5, 5.41) is 2.64. The van der Waals surface area contributed by atoms with E-state index in [1.165, 1.54) is 0 Å². The van der Waals surface area contributed by atoms with Crippen LogP contribution in [0, 0.1) is 0 Å². The van der Waals surface area contributed by atoms with Crippen molar-refractivity contribution in [1.82, 2.24) is 5.32 Å². The summed E-state index contributed by atoms with van der Waals surface area (Å²) in [6, 6.07) is 7.32. The maximum atomic E-state index is 11.3. The number of hydrogen-bond acceptors (Lipinski definition) is 3. The molecule has 1 amide bonds. The zero-order chi connectivity index (χ0) is 12.7. The summed E-state index contributed by atoms with van der Waals surface area (Å²) >= 11 is 0. The van der Waals surface area contributed by atoms with Gasteiger partial charge in [-0.1, -0.05) is 24.3 Å². The molecule has 0 radical (unpaired) electrons. The second kappa shape index (κ2) is 6.70. The van der Waals surface area contributed by atoms with Crippen molar-refractivity contribution in [2.75, 3.05) is 13.2 Å². The summed E-state index contributed by atoms with van der Waals surface area (Å²) < 4.78 is 5.43. The molecule has 1 aromatic carbocycles. The van der Waals surface area contributed by atoms with E-state index in [1.807, 2.05) is 25.1 Å². The van der Waals surface area contributed by atoms with E-state index >= 15 is 0 Å². The third kappa shape index (κ3) is 4.28. The molecule has 0 aliphatic heterocycles. The highest BCUT2D eigenvalue weighted by atomic mass is 16.5. The smallest absolute Gasteiger partial charge is 0.258 e. The van der Waals surface area contributed by atoms with Gasteiger partial charge in [0.25, 0.3) is 5.91 Å². The number of nitrogens with two attached hydrogens (primary N) is 1. The van der Waals surface area contributed by atoms with Gasteiger partial charge in [-0.25, -0.2) is 0 Å². The van der Waals surface area contributed by atoms with Gasteiger partial charge in [-0.3, -0.25) is 4.79 Å². The Morgan fingerprint density at radius 1 is 1.59 bits per heavy atom. The number of hydrogen-bond donors (Lipinski definition) is 2. The number of amides is 1. The van der Waals surface area contributed by atoms with E-state index in [0.717, 1.165) is 5.56 Å². The SMILES string of the molecule is C=CCNC(=O)COc1ccccc1C(C)N. The van der Waals surface area contributed by atoms with E-state index in [-0.39, 0.29) is 18.6 Å². The molecular formula is C13H18N2O2. The number of benzene rings is 1. The first-order valence-corrected chi connectivity index (χ1v) is 5.50. The number of carbonyl (C=O) groups is 1. The minimum Gasteiger partial charge on any atom is -0.483 e. The molecule has 1 aromatic rings. The van der Waals surface area contributed by atoms with Crippen LogP contribution in [0.4, 0.5) is 0 Å². The molecule has 92 valence electrons. The van der Waals surface area contributed by atoms with Crippen LogP contribution in [0.15, 0.2) is 36.9 Å².